The van der Waals surface area contributed by atoms with E-state index in [4.69, 9.17) is 5.73 Å². The number of aliphatic hydroxyl groups excluding tert-OH is 1. The van der Waals surface area contributed by atoms with Gasteiger partial charge >= 0.3 is 0 Å². The second-order valence-electron chi connectivity index (χ2n) is 3.31. The topological polar surface area (TPSA) is 66.5 Å². The number of benzene rings is 1. The number of aryl methyl sites for hydroxylation is 1. The molecule has 0 aliphatic heterocycles. The summed E-state index contributed by atoms with van der Waals surface area (Å²) in [6.07, 6.45) is -0.609. The van der Waals surface area contributed by atoms with Gasteiger partial charge in [-0.25, -0.2) is 0 Å². The fourth-order valence-electron chi connectivity index (χ4n) is 1.11. The van der Waals surface area contributed by atoms with Crippen molar-refractivity contribution in [3.8, 4) is 5.75 Å². The lowest BCUT2D eigenvalue weighted by Gasteiger charge is -2.15. The minimum Gasteiger partial charge on any atom is -0.508 e. The van der Waals surface area contributed by atoms with Crippen molar-refractivity contribution in [2.75, 3.05) is 0 Å². The summed E-state index contributed by atoms with van der Waals surface area (Å²) in [6, 6.07) is 4.75. The smallest absolute Gasteiger partial charge is 0.118 e. The summed E-state index contributed by atoms with van der Waals surface area (Å²) < 4.78 is 0. The Morgan fingerprint density at radius 3 is 2.46 bits per heavy atom. The van der Waals surface area contributed by atoms with E-state index in [1.54, 1.807) is 19.1 Å². The summed E-state index contributed by atoms with van der Waals surface area (Å²) in [7, 11) is 0. The van der Waals surface area contributed by atoms with Crippen LogP contribution in [0.15, 0.2) is 18.2 Å². The molecule has 0 aromatic heterocycles. The molecule has 1 aromatic carbocycles. The van der Waals surface area contributed by atoms with Crippen molar-refractivity contribution in [2.45, 2.75) is 26.0 Å². The van der Waals surface area contributed by atoms with Gasteiger partial charge in [0.15, 0.2) is 0 Å². The molecular formula is C10H15NO2. The highest BCUT2D eigenvalue weighted by Gasteiger charge is 2.12. The molecule has 0 saturated carbocycles. The minimum absolute atomic E-state index is 0.216. The van der Waals surface area contributed by atoms with E-state index in [1.807, 2.05) is 13.0 Å². The molecule has 0 saturated heterocycles. The van der Waals surface area contributed by atoms with Crippen molar-refractivity contribution in [2.24, 2.45) is 5.73 Å². The zero-order valence-electron chi connectivity index (χ0n) is 7.86. The Hall–Kier alpha value is -1.06. The first-order chi connectivity index (χ1) is 6.02. The maximum atomic E-state index is 9.39. The van der Waals surface area contributed by atoms with Crippen molar-refractivity contribution in [1.82, 2.24) is 0 Å². The maximum absolute atomic E-state index is 9.39. The van der Waals surface area contributed by atoms with E-state index in [0.717, 1.165) is 11.1 Å². The van der Waals surface area contributed by atoms with Crippen LogP contribution in [0.2, 0.25) is 0 Å². The van der Waals surface area contributed by atoms with Crippen molar-refractivity contribution in [3.05, 3.63) is 29.3 Å². The molecule has 0 heterocycles. The highest BCUT2D eigenvalue weighted by Crippen LogP contribution is 2.22. The average molecular weight is 181 g/mol. The van der Waals surface area contributed by atoms with Crippen molar-refractivity contribution in [3.63, 3.8) is 0 Å². The van der Waals surface area contributed by atoms with E-state index < -0.39 is 12.1 Å². The lowest BCUT2D eigenvalue weighted by Crippen LogP contribution is -2.22. The number of rotatable bonds is 2. The molecule has 0 fully saturated rings. The Morgan fingerprint density at radius 1 is 1.38 bits per heavy atom. The van der Waals surface area contributed by atoms with E-state index in [9.17, 15) is 10.2 Å². The van der Waals surface area contributed by atoms with Crippen LogP contribution < -0.4 is 5.73 Å². The lowest BCUT2D eigenvalue weighted by molar-refractivity contribution is 0.164. The fourth-order valence-corrected chi connectivity index (χ4v) is 1.11. The Kier molecular flexibility index (Phi) is 2.90. The van der Waals surface area contributed by atoms with E-state index >= 15 is 0 Å². The van der Waals surface area contributed by atoms with Crippen LogP contribution in [-0.2, 0) is 0 Å². The first-order valence-electron chi connectivity index (χ1n) is 4.25. The van der Waals surface area contributed by atoms with E-state index in [1.165, 1.54) is 0 Å². The summed E-state index contributed by atoms with van der Waals surface area (Å²) in [4.78, 5) is 0. The number of phenols is 1. The fraction of sp³-hybridized carbons (Fsp3) is 0.400. The van der Waals surface area contributed by atoms with E-state index in [0.29, 0.717) is 0 Å². The average Bonchev–Trinajstić information content (AvgIpc) is 2.08. The van der Waals surface area contributed by atoms with Crippen LogP contribution in [0.1, 0.15) is 24.1 Å². The molecule has 0 radical (unpaired) electrons. The Labute approximate surface area is 77.8 Å². The highest BCUT2D eigenvalue weighted by molar-refractivity contribution is 5.36. The molecule has 72 valence electrons. The third-order valence-corrected chi connectivity index (χ3v) is 2.14. The van der Waals surface area contributed by atoms with Crippen LogP contribution in [0, 0.1) is 6.92 Å². The van der Waals surface area contributed by atoms with Crippen LogP contribution in [0.4, 0.5) is 0 Å². The van der Waals surface area contributed by atoms with Gasteiger partial charge in [0.1, 0.15) is 5.75 Å². The molecule has 1 rings (SSSR count). The maximum Gasteiger partial charge on any atom is 0.118 e. The number of phenolic OH excluding ortho intramolecular Hbond substituents is 1. The lowest BCUT2D eigenvalue weighted by atomic mass is 10.0. The zero-order chi connectivity index (χ0) is 10.0. The minimum atomic E-state index is -0.609. The van der Waals surface area contributed by atoms with Gasteiger partial charge in [-0.05, 0) is 31.0 Å². The molecule has 2 atom stereocenters. The summed E-state index contributed by atoms with van der Waals surface area (Å²) >= 11 is 0. The van der Waals surface area contributed by atoms with Gasteiger partial charge in [0, 0.05) is 0 Å². The summed E-state index contributed by atoms with van der Waals surface area (Å²) in [6.45, 7) is 3.44. The third kappa shape index (κ3) is 2.20. The van der Waals surface area contributed by atoms with Crippen LogP contribution in [0.3, 0.4) is 0 Å². The molecule has 4 N–H and O–H groups in total. The van der Waals surface area contributed by atoms with Crippen LogP contribution in [-0.4, -0.2) is 16.3 Å². The Morgan fingerprint density at radius 2 is 2.00 bits per heavy atom. The van der Waals surface area contributed by atoms with Gasteiger partial charge < -0.3 is 15.9 Å². The van der Waals surface area contributed by atoms with Gasteiger partial charge in [0.05, 0.1) is 12.1 Å². The molecule has 0 bridgehead atoms. The van der Waals surface area contributed by atoms with Crippen molar-refractivity contribution >= 4 is 0 Å². The standard InChI is InChI=1S/C10H15NO2/c1-6-3-4-8(5-9(6)13)10(11)7(2)12/h3-5,7,10,12-13H,11H2,1-2H3/t7-,10-/m1/s1. The molecule has 3 nitrogen and oxygen atoms in total. The summed E-state index contributed by atoms with van der Waals surface area (Å²) in [5.41, 5.74) is 7.25. The Bertz CT molecular complexity index is 297. The van der Waals surface area contributed by atoms with E-state index in [-0.39, 0.29) is 5.75 Å². The number of nitrogens with two attached hydrogens (primary N) is 1. The summed E-state index contributed by atoms with van der Waals surface area (Å²) in [5.74, 6) is 0.216. The number of aliphatic hydroxyl groups is 1. The highest BCUT2D eigenvalue weighted by atomic mass is 16.3. The first-order valence-corrected chi connectivity index (χ1v) is 4.25. The molecule has 13 heavy (non-hydrogen) atoms. The second kappa shape index (κ2) is 3.77. The molecule has 0 unspecified atom stereocenters. The predicted octanol–water partition coefficient (Wildman–Crippen LogP) is 1.08. The second-order valence-corrected chi connectivity index (χ2v) is 3.31. The van der Waals surface area contributed by atoms with Gasteiger partial charge in [0.25, 0.3) is 0 Å². The predicted molar refractivity (Wildman–Crippen MR) is 51.5 cm³/mol. The van der Waals surface area contributed by atoms with Gasteiger partial charge in [0.2, 0.25) is 0 Å². The van der Waals surface area contributed by atoms with Gasteiger partial charge in [-0.15, -0.1) is 0 Å². The van der Waals surface area contributed by atoms with Crippen LogP contribution in [0.5, 0.6) is 5.75 Å². The molecule has 0 aliphatic carbocycles. The van der Waals surface area contributed by atoms with Crippen LogP contribution >= 0.6 is 0 Å². The van der Waals surface area contributed by atoms with Gasteiger partial charge in [-0.2, -0.15) is 0 Å². The number of hydrogen-bond acceptors (Lipinski definition) is 3. The Balaban J connectivity index is 2.97. The SMILES string of the molecule is Cc1ccc([C@H](N)[C@@H](C)O)cc1O. The third-order valence-electron chi connectivity index (χ3n) is 2.14. The largest absolute Gasteiger partial charge is 0.508 e. The molecular weight excluding hydrogens is 166 g/mol. The first kappa shape index (κ1) is 10.0. The monoisotopic (exact) mass is 181 g/mol. The molecule has 0 amide bonds. The molecule has 1 aromatic rings. The normalized spacial score (nSPS) is 15.4. The summed E-state index contributed by atoms with van der Waals surface area (Å²) in [5, 5.41) is 18.6. The quantitative estimate of drug-likeness (QED) is 0.639. The number of hydrogen-bond donors (Lipinski definition) is 3. The van der Waals surface area contributed by atoms with Gasteiger partial charge in [-0.3, -0.25) is 0 Å². The zero-order valence-corrected chi connectivity index (χ0v) is 7.86. The van der Waals surface area contributed by atoms with E-state index in [2.05, 4.69) is 0 Å². The molecule has 3 heteroatoms. The molecule has 0 spiro atoms. The van der Waals surface area contributed by atoms with Gasteiger partial charge in [-0.1, -0.05) is 12.1 Å². The van der Waals surface area contributed by atoms with Crippen LogP contribution in [0.25, 0.3) is 0 Å². The van der Waals surface area contributed by atoms with Crippen molar-refractivity contribution in [1.29, 1.82) is 0 Å². The molecule has 0 aliphatic rings. The van der Waals surface area contributed by atoms with Crippen molar-refractivity contribution < 1.29 is 10.2 Å². The number of aromatic hydroxyl groups is 1.